The summed E-state index contributed by atoms with van der Waals surface area (Å²) in [5.41, 5.74) is -0.396. The van der Waals surface area contributed by atoms with E-state index >= 15 is 0 Å². The van der Waals surface area contributed by atoms with Crippen LogP contribution in [0.5, 0.6) is 0 Å². The van der Waals surface area contributed by atoms with E-state index in [1.54, 1.807) is 0 Å². The molecule has 1 aromatic rings. The van der Waals surface area contributed by atoms with Crippen LogP contribution in [0.25, 0.3) is 0 Å². The molecule has 2 rings (SSSR count). The van der Waals surface area contributed by atoms with E-state index in [-0.39, 0.29) is 6.04 Å². The Hall–Kier alpha value is -1.98. The number of carbonyl (C=O) groups is 2. The zero-order chi connectivity index (χ0) is 14.0. The van der Waals surface area contributed by atoms with Crippen LogP contribution < -0.4 is 5.32 Å². The van der Waals surface area contributed by atoms with Crippen LogP contribution >= 0.6 is 0 Å². The van der Waals surface area contributed by atoms with Crippen molar-refractivity contribution in [2.45, 2.75) is 31.9 Å². The summed E-state index contributed by atoms with van der Waals surface area (Å²) < 4.78 is 30.9. The third kappa shape index (κ3) is 3.49. The Morgan fingerprint density at radius 3 is 2.63 bits per heavy atom. The molecule has 1 saturated carbocycles. The molecule has 1 aliphatic rings. The van der Waals surface area contributed by atoms with Gasteiger partial charge < -0.3 is 10.1 Å². The van der Waals surface area contributed by atoms with Gasteiger partial charge in [0.05, 0.1) is 5.56 Å². The minimum Gasteiger partial charge on any atom is -0.449 e. The zero-order valence-electron chi connectivity index (χ0n) is 10.3. The van der Waals surface area contributed by atoms with E-state index in [9.17, 15) is 18.4 Å². The van der Waals surface area contributed by atoms with Gasteiger partial charge in [-0.2, -0.15) is 0 Å². The van der Waals surface area contributed by atoms with Crippen LogP contribution in [0.4, 0.5) is 8.78 Å². The molecule has 4 nitrogen and oxygen atoms in total. The van der Waals surface area contributed by atoms with Crippen molar-refractivity contribution in [1.82, 2.24) is 5.32 Å². The monoisotopic (exact) mass is 269 g/mol. The number of benzene rings is 1. The van der Waals surface area contributed by atoms with Crippen molar-refractivity contribution in [3.63, 3.8) is 0 Å². The van der Waals surface area contributed by atoms with E-state index in [2.05, 4.69) is 5.32 Å². The smallest absolute Gasteiger partial charge is 0.341 e. The highest BCUT2D eigenvalue weighted by Gasteiger charge is 2.27. The first-order valence-electron chi connectivity index (χ1n) is 5.94. The SMILES string of the molecule is C[C@@H](OC(=O)c1ccc(F)cc1F)C(=O)NC1CC1. The predicted molar refractivity (Wildman–Crippen MR) is 62.4 cm³/mol. The first-order chi connectivity index (χ1) is 8.97. The lowest BCUT2D eigenvalue weighted by Crippen LogP contribution is -2.37. The average molecular weight is 269 g/mol. The van der Waals surface area contributed by atoms with Gasteiger partial charge in [0.1, 0.15) is 11.6 Å². The Bertz CT molecular complexity index is 515. The second kappa shape index (κ2) is 5.34. The van der Waals surface area contributed by atoms with Crippen LogP contribution in [0, 0.1) is 11.6 Å². The topological polar surface area (TPSA) is 55.4 Å². The zero-order valence-corrected chi connectivity index (χ0v) is 10.3. The number of esters is 1. The normalized spacial score (nSPS) is 15.7. The summed E-state index contributed by atoms with van der Waals surface area (Å²) in [5, 5.41) is 2.66. The molecule has 0 heterocycles. The summed E-state index contributed by atoms with van der Waals surface area (Å²) in [4.78, 5) is 23.2. The van der Waals surface area contributed by atoms with Gasteiger partial charge in [-0.05, 0) is 31.9 Å². The van der Waals surface area contributed by atoms with E-state index < -0.39 is 35.2 Å². The molecule has 0 aliphatic heterocycles. The summed E-state index contributed by atoms with van der Waals surface area (Å²) in [6.07, 6.45) is 0.815. The van der Waals surface area contributed by atoms with E-state index in [4.69, 9.17) is 4.74 Å². The molecule has 0 aromatic heterocycles. The van der Waals surface area contributed by atoms with Gasteiger partial charge >= 0.3 is 5.97 Å². The molecule has 1 aliphatic carbocycles. The standard InChI is InChI=1S/C13H13F2NO3/c1-7(12(17)16-9-3-4-9)19-13(18)10-5-2-8(14)6-11(10)15/h2,5-7,9H,3-4H2,1H3,(H,16,17)/t7-/m1/s1. The van der Waals surface area contributed by atoms with Gasteiger partial charge in [0.15, 0.2) is 6.10 Å². The first-order valence-corrected chi connectivity index (χ1v) is 5.94. The van der Waals surface area contributed by atoms with Crippen molar-refractivity contribution in [3.8, 4) is 0 Å². The number of rotatable bonds is 4. The number of ether oxygens (including phenoxy) is 1. The van der Waals surface area contributed by atoms with Gasteiger partial charge in [0, 0.05) is 12.1 Å². The van der Waals surface area contributed by atoms with E-state index in [0.29, 0.717) is 6.07 Å². The lowest BCUT2D eigenvalue weighted by Gasteiger charge is -2.13. The van der Waals surface area contributed by atoms with Gasteiger partial charge in [0.2, 0.25) is 0 Å². The Balaban J connectivity index is 1.97. The molecular formula is C13H13F2NO3. The third-order valence-electron chi connectivity index (χ3n) is 2.73. The highest BCUT2D eigenvalue weighted by molar-refractivity contribution is 5.92. The van der Waals surface area contributed by atoms with Crippen molar-refractivity contribution < 1.29 is 23.1 Å². The highest BCUT2D eigenvalue weighted by Crippen LogP contribution is 2.19. The molecule has 0 unspecified atom stereocenters. The average Bonchev–Trinajstić information content (AvgIpc) is 3.12. The van der Waals surface area contributed by atoms with Gasteiger partial charge in [-0.3, -0.25) is 4.79 Å². The number of nitrogens with one attached hydrogen (secondary N) is 1. The largest absolute Gasteiger partial charge is 0.449 e. The maximum atomic E-state index is 13.3. The van der Waals surface area contributed by atoms with Gasteiger partial charge in [0.25, 0.3) is 5.91 Å². The lowest BCUT2D eigenvalue weighted by atomic mass is 10.2. The molecule has 1 atom stereocenters. The number of carbonyl (C=O) groups excluding carboxylic acids is 2. The Kier molecular flexibility index (Phi) is 3.78. The second-order valence-electron chi connectivity index (χ2n) is 4.45. The van der Waals surface area contributed by atoms with Crippen molar-refractivity contribution in [2.75, 3.05) is 0 Å². The maximum absolute atomic E-state index is 13.3. The van der Waals surface area contributed by atoms with Crippen molar-refractivity contribution in [2.24, 2.45) is 0 Å². The Labute approximate surface area is 108 Å². The number of halogens is 2. The number of amides is 1. The molecule has 1 amide bonds. The molecule has 0 spiro atoms. The van der Waals surface area contributed by atoms with Gasteiger partial charge in [-0.1, -0.05) is 0 Å². The summed E-state index contributed by atoms with van der Waals surface area (Å²) >= 11 is 0. The molecule has 1 fully saturated rings. The molecule has 1 aromatic carbocycles. The van der Waals surface area contributed by atoms with E-state index in [1.807, 2.05) is 0 Å². The fourth-order valence-corrected chi connectivity index (χ4v) is 1.48. The number of hydrogen-bond acceptors (Lipinski definition) is 3. The van der Waals surface area contributed by atoms with Crippen LogP contribution in [0.2, 0.25) is 0 Å². The lowest BCUT2D eigenvalue weighted by molar-refractivity contribution is -0.129. The van der Waals surface area contributed by atoms with Crippen LogP contribution in [-0.4, -0.2) is 24.0 Å². The maximum Gasteiger partial charge on any atom is 0.341 e. The minimum absolute atomic E-state index is 0.149. The molecule has 0 saturated heterocycles. The minimum atomic E-state index is -1.02. The van der Waals surface area contributed by atoms with E-state index in [0.717, 1.165) is 25.0 Å². The molecule has 102 valence electrons. The fourth-order valence-electron chi connectivity index (χ4n) is 1.48. The first kappa shape index (κ1) is 13.5. The summed E-state index contributed by atoms with van der Waals surface area (Å²) in [6.45, 7) is 1.40. The van der Waals surface area contributed by atoms with Crippen molar-refractivity contribution in [3.05, 3.63) is 35.4 Å². The van der Waals surface area contributed by atoms with Crippen molar-refractivity contribution in [1.29, 1.82) is 0 Å². The highest BCUT2D eigenvalue weighted by atomic mass is 19.1. The van der Waals surface area contributed by atoms with Crippen LogP contribution in [-0.2, 0) is 9.53 Å². The van der Waals surface area contributed by atoms with Crippen LogP contribution in [0.1, 0.15) is 30.1 Å². The molecule has 6 heteroatoms. The second-order valence-corrected chi connectivity index (χ2v) is 4.45. The van der Waals surface area contributed by atoms with E-state index in [1.165, 1.54) is 6.92 Å². The summed E-state index contributed by atoms with van der Waals surface area (Å²) in [5.74, 6) is -3.21. The fraction of sp³-hybridized carbons (Fsp3) is 0.385. The molecular weight excluding hydrogens is 256 g/mol. The Morgan fingerprint density at radius 2 is 2.05 bits per heavy atom. The quantitative estimate of drug-likeness (QED) is 0.848. The van der Waals surface area contributed by atoms with Crippen LogP contribution in [0.3, 0.4) is 0 Å². The summed E-state index contributed by atoms with van der Waals surface area (Å²) in [7, 11) is 0. The molecule has 1 N–H and O–H groups in total. The third-order valence-corrected chi connectivity index (χ3v) is 2.73. The molecule has 0 bridgehead atoms. The van der Waals surface area contributed by atoms with Crippen LogP contribution in [0.15, 0.2) is 18.2 Å². The summed E-state index contributed by atoms with van der Waals surface area (Å²) in [6, 6.07) is 2.68. The number of hydrogen-bond donors (Lipinski definition) is 1. The van der Waals surface area contributed by atoms with Gasteiger partial charge in [-0.15, -0.1) is 0 Å². The van der Waals surface area contributed by atoms with Gasteiger partial charge in [-0.25, -0.2) is 13.6 Å². The van der Waals surface area contributed by atoms with Crippen molar-refractivity contribution >= 4 is 11.9 Å². The molecule has 0 radical (unpaired) electrons. The molecule has 19 heavy (non-hydrogen) atoms. The Morgan fingerprint density at radius 1 is 1.37 bits per heavy atom. The predicted octanol–water partition coefficient (Wildman–Crippen LogP) is 1.79.